The standard InChI is InChI=1S/C18H20N2O3/c19-16-8-1-2-9-17(16)20-18(21)13-5-3-6-14(11-13)23-12-15-7-4-10-22-15/h1-3,5-6,8-9,11,15H,4,7,10,12,19H2,(H,20,21). The minimum absolute atomic E-state index is 0.150. The zero-order chi connectivity index (χ0) is 16.1. The molecule has 0 bridgehead atoms. The lowest BCUT2D eigenvalue weighted by atomic mass is 10.2. The Hall–Kier alpha value is -2.53. The third-order valence-electron chi connectivity index (χ3n) is 3.77. The van der Waals surface area contributed by atoms with Gasteiger partial charge in [0.1, 0.15) is 12.4 Å². The summed E-state index contributed by atoms with van der Waals surface area (Å²) in [6.45, 7) is 1.31. The molecule has 0 radical (unpaired) electrons. The first-order valence-corrected chi connectivity index (χ1v) is 7.73. The van der Waals surface area contributed by atoms with Crippen LogP contribution in [0.4, 0.5) is 11.4 Å². The van der Waals surface area contributed by atoms with Crippen LogP contribution in [-0.2, 0) is 4.74 Å². The van der Waals surface area contributed by atoms with Gasteiger partial charge < -0.3 is 20.5 Å². The number of nitrogen functional groups attached to an aromatic ring is 1. The topological polar surface area (TPSA) is 73.6 Å². The molecule has 0 spiro atoms. The van der Waals surface area contributed by atoms with Crippen molar-refractivity contribution in [1.82, 2.24) is 0 Å². The van der Waals surface area contributed by atoms with Crippen LogP contribution in [0.1, 0.15) is 23.2 Å². The Morgan fingerprint density at radius 3 is 2.91 bits per heavy atom. The van der Waals surface area contributed by atoms with Gasteiger partial charge in [-0.2, -0.15) is 0 Å². The minimum Gasteiger partial charge on any atom is -0.491 e. The minimum atomic E-state index is -0.217. The SMILES string of the molecule is Nc1ccccc1NC(=O)c1cccc(OCC2CCCO2)c1. The second-order valence-corrected chi connectivity index (χ2v) is 5.52. The lowest BCUT2D eigenvalue weighted by Crippen LogP contribution is -2.17. The Kier molecular flexibility index (Phi) is 4.78. The first-order valence-electron chi connectivity index (χ1n) is 7.73. The maximum absolute atomic E-state index is 12.3. The number of hydrogen-bond donors (Lipinski definition) is 2. The Balaban J connectivity index is 1.64. The smallest absolute Gasteiger partial charge is 0.255 e. The van der Waals surface area contributed by atoms with Gasteiger partial charge in [-0.05, 0) is 43.2 Å². The van der Waals surface area contributed by atoms with Crippen molar-refractivity contribution in [3.63, 3.8) is 0 Å². The number of amides is 1. The Morgan fingerprint density at radius 2 is 2.13 bits per heavy atom. The highest BCUT2D eigenvalue weighted by Crippen LogP contribution is 2.20. The number of rotatable bonds is 5. The average Bonchev–Trinajstić information content (AvgIpc) is 3.09. The number of ether oxygens (including phenoxy) is 2. The van der Waals surface area contributed by atoms with E-state index in [9.17, 15) is 4.79 Å². The molecule has 1 heterocycles. The monoisotopic (exact) mass is 312 g/mol. The predicted octanol–water partition coefficient (Wildman–Crippen LogP) is 3.08. The molecular formula is C18H20N2O3. The van der Waals surface area contributed by atoms with Gasteiger partial charge in [-0.3, -0.25) is 4.79 Å². The highest BCUT2D eigenvalue weighted by Gasteiger charge is 2.16. The summed E-state index contributed by atoms with van der Waals surface area (Å²) in [5.41, 5.74) is 7.50. The quantitative estimate of drug-likeness (QED) is 0.832. The Labute approximate surface area is 135 Å². The summed E-state index contributed by atoms with van der Waals surface area (Å²) in [5.74, 6) is 0.444. The predicted molar refractivity (Wildman–Crippen MR) is 89.7 cm³/mol. The molecule has 2 aromatic rings. The molecule has 1 aliphatic rings. The van der Waals surface area contributed by atoms with E-state index in [2.05, 4.69) is 5.32 Å². The van der Waals surface area contributed by atoms with Crippen molar-refractivity contribution >= 4 is 17.3 Å². The van der Waals surface area contributed by atoms with Gasteiger partial charge in [-0.1, -0.05) is 18.2 Å². The number of nitrogens with two attached hydrogens (primary N) is 1. The summed E-state index contributed by atoms with van der Waals surface area (Å²) < 4.78 is 11.3. The van der Waals surface area contributed by atoms with E-state index in [1.165, 1.54) is 0 Å². The number of para-hydroxylation sites is 2. The van der Waals surface area contributed by atoms with E-state index in [1.54, 1.807) is 30.3 Å². The maximum atomic E-state index is 12.3. The lowest BCUT2D eigenvalue weighted by molar-refractivity contribution is 0.0679. The molecule has 5 nitrogen and oxygen atoms in total. The molecule has 1 fully saturated rings. The van der Waals surface area contributed by atoms with Crippen molar-refractivity contribution in [2.45, 2.75) is 18.9 Å². The van der Waals surface area contributed by atoms with Gasteiger partial charge in [0.2, 0.25) is 0 Å². The van der Waals surface area contributed by atoms with Crippen LogP contribution in [0.15, 0.2) is 48.5 Å². The van der Waals surface area contributed by atoms with Crippen molar-refractivity contribution < 1.29 is 14.3 Å². The molecule has 1 aliphatic heterocycles. The molecule has 3 N–H and O–H groups in total. The molecule has 0 aromatic heterocycles. The largest absolute Gasteiger partial charge is 0.491 e. The van der Waals surface area contributed by atoms with Gasteiger partial charge in [-0.15, -0.1) is 0 Å². The van der Waals surface area contributed by atoms with Crippen molar-refractivity contribution in [2.24, 2.45) is 0 Å². The zero-order valence-electron chi connectivity index (χ0n) is 12.8. The number of benzene rings is 2. The number of hydrogen-bond acceptors (Lipinski definition) is 4. The molecule has 3 rings (SSSR count). The van der Waals surface area contributed by atoms with Crippen LogP contribution >= 0.6 is 0 Å². The molecule has 1 unspecified atom stereocenters. The van der Waals surface area contributed by atoms with Gasteiger partial charge in [-0.25, -0.2) is 0 Å². The molecule has 0 saturated carbocycles. The number of carbonyl (C=O) groups is 1. The summed E-state index contributed by atoms with van der Waals surface area (Å²) in [5, 5.41) is 2.81. The van der Waals surface area contributed by atoms with Crippen molar-refractivity contribution in [3.8, 4) is 5.75 Å². The first kappa shape index (κ1) is 15.4. The lowest BCUT2D eigenvalue weighted by Gasteiger charge is -2.12. The van der Waals surface area contributed by atoms with E-state index in [0.29, 0.717) is 29.3 Å². The third kappa shape index (κ3) is 4.02. The highest BCUT2D eigenvalue weighted by atomic mass is 16.5. The average molecular weight is 312 g/mol. The molecular weight excluding hydrogens is 292 g/mol. The zero-order valence-corrected chi connectivity index (χ0v) is 12.8. The summed E-state index contributed by atoms with van der Waals surface area (Å²) in [4.78, 5) is 12.3. The van der Waals surface area contributed by atoms with Crippen LogP contribution in [0.25, 0.3) is 0 Å². The van der Waals surface area contributed by atoms with Gasteiger partial charge in [0, 0.05) is 12.2 Å². The van der Waals surface area contributed by atoms with E-state index < -0.39 is 0 Å². The summed E-state index contributed by atoms with van der Waals surface area (Å²) >= 11 is 0. The molecule has 1 amide bonds. The highest BCUT2D eigenvalue weighted by molar-refractivity contribution is 6.05. The fourth-order valence-corrected chi connectivity index (χ4v) is 2.50. The van der Waals surface area contributed by atoms with Crippen LogP contribution < -0.4 is 15.8 Å². The van der Waals surface area contributed by atoms with Gasteiger partial charge >= 0.3 is 0 Å². The summed E-state index contributed by atoms with van der Waals surface area (Å²) in [6, 6.07) is 14.3. The molecule has 120 valence electrons. The maximum Gasteiger partial charge on any atom is 0.255 e. The van der Waals surface area contributed by atoms with Crippen LogP contribution in [0.2, 0.25) is 0 Å². The number of nitrogens with one attached hydrogen (secondary N) is 1. The van der Waals surface area contributed by atoms with Crippen LogP contribution in [-0.4, -0.2) is 25.2 Å². The molecule has 2 aromatic carbocycles. The number of anilines is 2. The van der Waals surface area contributed by atoms with Crippen molar-refractivity contribution in [2.75, 3.05) is 24.3 Å². The number of carbonyl (C=O) groups excluding carboxylic acids is 1. The normalized spacial score (nSPS) is 17.0. The summed E-state index contributed by atoms with van der Waals surface area (Å²) in [7, 11) is 0. The molecule has 1 saturated heterocycles. The van der Waals surface area contributed by atoms with Crippen molar-refractivity contribution in [3.05, 3.63) is 54.1 Å². The van der Waals surface area contributed by atoms with E-state index in [1.807, 2.05) is 18.2 Å². The fraction of sp³-hybridized carbons (Fsp3) is 0.278. The van der Waals surface area contributed by atoms with Gasteiger partial charge in [0.05, 0.1) is 17.5 Å². The van der Waals surface area contributed by atoms with Crippen LogP contribution in [0.5, 0.6) is 5.75 Å². The molecule has 0 aliphatic carbocycles. The Bertz CT molecular complexity index is 681. The van der Waals surface area contributed by atoms with E-state index in [-0.39, 0.29) is 12.0 Å². The molecule has 23 heavy (non-hydrogen) atoms. The first-order chi connectivity index (χ1) is 11.2. The molecule has 5 heteroatoms. The van der Waals surface area contributed by atoms with E-state index >= 15 is 0 Å². The second-order valence-electron chi connectivity index (χ2n) is 5.52. The van der Waals surface area contributed by atoms with Crippen LogP contribution in [0.3, 0.4) is 0 Å². The van der Waals surface area contributed by atoms with Crippen molar-refractivity contribution in [1.29, 1.82) is 0 Å². The second kappa shape index (κ2) is 7.15. The molecule has 1 atom stereocenters. The summed E-state index contributed by atoms with van der Waals surface area (Å²) in [6.07, 6.45) is 2.25. The third-order valence-corrected chi connectivity index (χ3v) is 3.77. The van der Waals surface area contributed by atoms with Crippen LogP contribution in [0, 0.1) is 0 Å². The van der Waals surface area contributed by atoms with Gasteiger partial charge in [0.25, 0.3) is 5.91 Å². The van der Waals surface area contributed by atoms with E-state index in [0.717, 1.165) is 19.4 Å². The van der Waals surface area contributed by atoms with E-state index in [4.69, 9.17) is 15.2 Å². The Morgan fingerprint density at radius 1 is 1.26 bits per heavy atom. The fourth-order valence-electron chi connectivity index (χ4n) is 2.50. The van der Waals surface area contributed by atoms with Gasteiger partial charge in [0.15, 0.2) is 0 Å².